The van der Waals surface area contributed by atoms with Gasteiger partial charge in [0.05, 0.1) is 11.4 Å². The molecule has 2 aliphatic carbocycles. The van der Waals surface area contributed by atoms with Crippen LogP contribution in [-0.4, -0.2) is 17.0 Å². The van der Waals surface area contributed by atoms with Gasteiger partial charge >= 0.3 is 0 Å². The molecule has 138 valence electrons. The second kappa shape index (κ2) is 6.05. The summed E-state index contributed by atoms with van der Waals surface area (Å²) in [5.41, 5.74) is 3.97. The summed E-state index contributed by atoms with van der Waals surface area (Å²) in [6.07, 6.45) is 6.94. The molecule has 0 aromatic heterocycles. The number of aryl methyl sites for hydroxylation is 1. The Morgan fingerprint density at radius 3 is 2.41 bits per heavy atom. The van der Waals surface area contributed by atoms with Gasteiger partial charge in [-0.3, -0.25) is 9.80 Å². The van der Waals surface area contributed by atoms with Crippen LogP contribution in [0.3, 0.4) is 0 Å². The van der Waals surface area contributed by atoms with Gasteiger partial charge in [0.15, 0.2) is 5.78 Å². The number of para-hydroxylation sites is 1. The molecule has 3 heteroatoms. The van der Waals surface area contributed by atoms with Crippen molar-refractivity contribution in [3.8, 4) is 0 Å². The smallest absolute Gasteiger partial charge is 0.161 e. The summed E-state index contributed by atoms with van der Waals surface area (Å²) in [5, 5.41) is 7.30. The highest BCUT2D eigenvalue weighted by molar-refractivity contribution is 6.14. The zero-order valence-corrected chi connectivity index (χ0v) is 15.9. The maximum Gasteiger partial charge on any atom is 0.161 e. The van der Waals surface area contributed by atoms with E-state index < -0.39 is 5.54 Å². The van der Waals surface area contributed by atoms with Crippen molar-refractivity contribution in [3.63, 3.8) is 0 Å². The van der Waals surface area contributed by atoms with E-state index in [1.807, 2.05) is 18.2 Å². The van der Waals surface area contributed by atoms with Crippen LogP contribution in [0.1, 0.15) is 56.1 Å². The van der Waals surface area contributed by atoms with E-state index >= 15 is 0 Å². The molecule has 2 atom stereocenters. The fraction of sp³-hybridized carbons (Fsp3) is 0.417. The quantitative estimate of drug-likeness (QED) is 0.732. The van der Waals surface area contributed by atoms with Crippen molar-refractivity contribution in [2.24, 2.45) is 10.5 Å². The van der Waals surface area contributed by atoms with Crippen molar-refractivity contribution >= 4 is 17.2 Å². The number of anilines is 1. The number of carbonyl (C=O) groups excluding carboxylic acids is 1. The SMILES string of the molecule is Cc1ccc(C2=NN(c3ccccc3)C34CCCC23CCCCC4=O)cc1. The van der Waals surface area contributed by atoms with Crippen LogP contribution < -0.4 is 5.01 Å². The Bertz CT molecular complexity index is 902. The average Bonchev–Trinajstić information content (AvgIpc) is 3.16. The zero-order valence-electron chi connectivity index (χ0n) is 15.9. The molecular weight excluding hydrogens is 332 g/mol. The highest BCUT2D eigenvalue weighted by atomic mass is 16.1. The molecule has 0 N–H and O–H groups in total. The number of benzene rings is 2. The summed E-state index contributed by atoms with van der Waals surface area (Å²) in [7, 11) is 0. The minimum atomic E-state index is -0.495. The normalized spacial score (nSPS) is 29.9. The first kappa shape index (κ1) is 16.7. The molecule has 0 spiro atoms. The largest absolute Gasteiger partial charge is 0.297 e. The molecule has 0 saturated heterocycles. The number of nitrogens with zero attached hydrogens (tertiary/aromatic N) is 2. The van der Waals surface area contributed by atoms with Crippen molar-refractivity contribution in [3.05, 3.63) is 65.7 Å². The number of Topliss-reactive ketones (excluding diaryl/α,β-unsaturated/α-hetero) is 1. The topological polar surface area (TPSA) is 32.7 Å². The second-order valence-electron chi connectivity index (χ2n) is 8.39. The number of hydrazone groups is 1. The van der Waals surface area contributed by atoms with Crippen LogP contribution >= 0.6 is 0 Å². The lowest BCUT2D eigenvalue weighted by molar-refractivity contribution is -0.125. The summed E-state index contributed by atoms with van der Waals surface area (Å²) in [6, 6.07) is 19.0. The highest BCUT2D eigenvalue weighted by Gasteiger charge is 2.68. The number of carbonyl (C=O) groups is 1. The lowest BCUT2D eigenvalue weighted by Crippen LogP contribution is -2.58. The Balaban J connectivity index is 1.75. The van der Waals surface area contributed by atoms with Crippen LogP contribution in [-0.2, 0) is 4.79 Å². The Kier molecular flexibility index (Phi) is 3.75. The molecule has 2 fully saturated rings. The minimum absolute atomic E-state index is 0.147. The summed E-state index contributed by atoms with van der Waals surface area (Å²) < 4.78 is 0. The summed E-state index contributed by atoms with van der Waals surface area (Å²) in [6.45, 7) is 2.11. The van der Waals surface area contributed by atoms with Crippen molar-refractivity contribution in [1.29, 1.82) is 0 Å². The fourth-order valence-corrected chi connectivity index (χ4v) is 5.78. The molecule has 3 aliphatic rings. The lowest BCUT2D eigenvalue weighted by Gasteiger charge is -2.43. The molecule has 2 aromatic carbocycles. The van der Waals surface area contributed by atoms with E-state index in [0.29, 0.717) is 12.2 Å². The van der Waals surface area contributed by atoms with Crippen molar-refractivity contribution in [2.45, 2.75) is 57.4 Å². The number of rotatable bonds is 2. The molecule has 2 saturated carbocycles. The Morgan fingerprint density at radius 2 is 1.63 bits per heavy atom. The van der Waals surface area contributed by atoms with Gasteiger partial charge in [-0.1, -0.05) is 54.4 Å². The van der Waals surface area contributed by atoms with Crippen LogP contribution in [0.5, 0.6) is 0 Å². The van der Waals surface area contributed by atoms with Gasteiger partial charge < -0.3 is 0 Å². The third-order valence-electron chi connectivity index (χ3n) is 6.99. The fourth-order valence-electron chi connectivity index (χ4n) is 5.78. The number of hydrogen-bond acceptors (Lipinski definition) is 3. The van der Waals surface area contributed by atoms with E-state index in [0.717, 1.165) is 49.9 Å². The van der Waals surface area contributed by atoms with Crippen LogP contribution in [0.25, 0.3) is 0 Å². The molecule has 5 rings (SSSR count). The van der Waals surface area contributed by atoms with Gasteiger partial charge in [-0.2, -0.15) is 5.10 Å². The maximum absolute atomic E-state index is 13.6. The van der Waals surface area contributed by atoms with Gasteiger partial charge in [-0.05, 0) is 56.7 Å². The third-order valence-corrected chi connectivity index (χ3v) is 6.99. The van der Waals surface area contributed by atoms with Crippen LogP contribution in [0.2, 0.25) is 0 Å². The molecular formula is C24H26N2O. The van der Waals surface area contributed by atoms with Gasteiger partial charge in [0.2, 0.25) is 0 Å². The maximum atomic E-state index is 13.6. The van der Waals surface area contributed by atoms with Crippen LogP contribution in [0.4, 0.5) is 5.69 Å². The molecule has 1 heterocycles. The molecule has 0 amide bonds. The van der Waals surface area contributed by atoms with E-state index in [2.05, 4.69) is 48.3 Å². The van der Waals surface area contributed by atoms with Crippen LogP contribution in [0, 0.1) is 12.3 Å². The standard InChI is InChI=1S/C24H26N2O/c1-18-11-13-19(14-12-18)22-23-15-6-5-10-21(27)24(23,17-7-16-23)26(25-22)20-8-3-2-4-9-20/h2-4,8-9,11-14H,5-7,10,15-17H2,1H3. The summed E-state index contributed by atoms with van der Waals surface area (Å²) in [5.74, 6) is 0.396. The molecule has 2 aromatic rings. The molecule has 2 unspecified atom stereocenters. The van der Waals surface area contributed by atoms with Gasteiger partial charge in [0.1, 0.15) is 5.54 Å². The van der Waals surface area contributed by atoms with Crippen LogP contribution in [0.15, 0.2) is 59.7 Å². The Morgan fingerprint density at radius 1 is 0.889 bits per heavy atom. The number of ketones is 1. The summed E-state index contributed by atoms with van der Waals surface area (Å²) in [4.78, 5) is 13.6. The third kappa shape index (κ3) is 2.20. The van der Waals surface area contributed by atoms with Crippen molar-refractivity contribution < 1.29 is 4.79 Å². The second-order valence-corrected chi connectivity index (χ2v) is 8.39. The van der Waals surface area contributed by atoms with E-state index in [1.165, 1.54) is 11.1 Å². The predicted molar refractivity (Wildman–Crippen MR) is 109 cm³/mol. The van der Waals surface area contributed by atoms with E-state index in [9.17, 15) is 4.79 Å². The highest BCUT2D eigenvalue weighted by Crippen LogP contribution is 2.61. The van der Waals surface area contributed by atoms with Gasteiger partial charge in [0.25, 0.3) is 0 Å². The molecule has 3 nitrogen and oxygen atoms in total. The van der Waals surface area contributed by atoms with Gasteiger partial charge in [-0.25, -0.2) is 0 Å². The van der Waals surface area contributed by atoms with Crippen molar-refractivity contribution in [2.75, 3.05) is 5.01 Å². The first-order valence-corrected chi connectivity index (χ1v) is 10.2. The monoisotopic (exact) mass is 358 g/mol. The average molecular weight is 358 g/mol. The molecule has 0 radical (unpaired) electrons. The van der Waals surface area contributed by atoms with E-state index in [4.69, 9.17) is 5.10 Å². The van der Waals surface area contributed by atoms with Gasteiger partial charge in [-0.15, -0.1) is 0 Å². The van der Waals surface area contributed by atoms with E-state index in [1.54, 1.807) is 0 Å². The van der Waals surface area contributed by atoms with Gasteiger partial charge in [0, 0.05) is 11.8 Å². The first-order valence-electron chi connectivity index (χ1n) is 10.2. The Hall–Kier alpha value is -2.42. The van der Waals surface area contributed by atoms with E-state index in [-0.39, 0.29) is 5.41 Å². The minimum Gasteiger partial charge on any atom is -0.297 e. The van der Waals surface area contributed by atoms with Crippen molar-refractivity contribution in [1.82, 2.24) is 0 Å². The number of hydrogen-bond donors (Lipinski definition) is 0. The summed E-state index contributed by atoms with van der Waals surface area (Å²) >= 11 is 0. The lowest BCUT2D eigenvalue weighted by atomic mass is 9.64. The molecule has 0 bridgehead atoms. The molecule has 1 aliphatic heterocycles. The first-order chi connectivity index (χ1) is 13.2. The molecule has 27 heavy (non-hydrogen) atoms. The zero-order chi connectivity index (χ0) is 18.5. The Labute approximate surface area is 161 Å². The predicted octanol–water partition coefficient (Wildman–Crippen LogP) is 5.27.